The van der Waals surface area contributed by atoms with Gasteiger partial charge >= 0.3 is 0 Å². The lowest BCUT2D eigenvalue weighted by Crippen LogP contribution is -2.53. The molecule has 144 valence electrons. The highest BCUT2D eigenvalue weighted by atomic mass is 16.5. The third kappa shape index (κ3) is 4.01. The number of amides is 1. The maximum absolute atomic E-state index is 13.0. The first-order valence-electron chi connectivity index (χ1n) is 9.79. The van der Waals surface area contributed by atoms with E-state index in [9.17, 15) is 4.79 Å². The van der Waals surface area contributed by atoms with Crippen LogP contribution in [0, 0.1) is 11.3 Å². The molecule has 1 saturated carbocycles. The Labute approximate surface area is 156 Å². The highest BCUT2D eigenvalue weighted by molar-refractivity contribution is 6.07. The molecule has 0 spiro atoms. The van der Waals surface area contributed by atoms with Crippen LogP contribution in [0.25, 0.3) is 0 Å². The van der Waals surface area contributed by atoms with Gasteiger partial charge in [-0.2, -0.15) is 0 Å². The van der Waals surface area contributed by atoms with E-state index in [0.717, 1.165) is 19.3 Å². The van der Waals surface area contributed by atoms with Gasteiger partial charge in [0.15, 0.2) is 5.96 Å². The topological polar surface area (TPSA) is 74.7 Å². The summed E-state index contributed by atoms with van der Waals surface area (Å²) < 4.78 is 11.9. The number of ether oxygens (including phenoxy) is 2. The van der Waals surface area contributed by atoms with E-state index in [1.807, 2.05) is 31.2 Å². The second-order valence-corrected chi connectivity index (χ2v) is 7.59. The summed E-state index contributed by atoms with van der Waals surface area (Å²) in [7, 11) is 1.66. The molecule has 0 aromatic carbocycles. The molecule has 1 heterocycles. The first-order chi connectivity index (χ1) is 12.6. The quantitative estimate of drug-likeness (QED) is 0.731. The number of nitrogens with one attached hydrogen (secondary N) is 2. The maximum atomic E-state index is 13.0. The van der Waals surface area contributed by atoms with E-state index in [4.69, 9.17) is 14.9 Å². The average Bonchev–Trinajstić information content (AvgIpc) is 2.86. The van der Waals surface area contributed by atoms with Crippen molar-refractivity contribution < 1.29 is 14.3 Å². The van der Waals surface area contributed by atoms with Crippen LogP contribution in [-0.2, 0) is 14.3 Å². The lowest BCUT2D eigenvalue weighted by molar-refractivity contribution is -0.135. The fourth-order valence-corrected chi connectivity index (χ4v) is 4.26. The molecule has 3 atom stereocenters. The molecule has 2 aliphatic carbocycles. The van der Waals surface area contributed by atoms with E-state index < -0.39 is 5.54 Å². The number of carbonyl (C=O) groups excluding carboxylic acids is 1. The average molecular weight is 361 g/mol. The van der Waals surface area contributed by atoms with Crippen molar-refractivity contribution in [2.75, 3.05) is 20.3 Å². The van der Waals surface area contributed by atoms with Crippen LogP contribution in [0.1, 0.15) is 45.4 Å². The Balaban J connectivity index is 1.71. The Morgan fingerprint density at radius 1 is 1.19 bits per heavy atom. The van der Waals surface area contributed by atoms with Gasteiger partial charge in [0.05, 0.1) is 6.61 Å². The van der Waals surface area contributed by atoms with Crippen molar-refractivity contribution >= 4 is 11.9 Å². The van der Waals surface area contributed by atoms with Crippen molar-refractivity contribution in [1.82, 2.24) is 10.2 Å². The smallest absolute Gasteiger partial charge is 0.257 e. The summed E-state index contributed by atoms with van der Waals surface area (Å²) in [6.07, 6.45) is 14.3. The van der Waals surface area contributed by atoms with Gasteiger partial charge in [-0.05, 0) is 19.3 Å². The molecule has 6 heteroatoms. The third-order valence-corrected chi connectivity index (χ3v) is 5.69. The molecule has 0 radical (unpaired) electrons. The molecule has 3 unspecified atom stereocenters. The van der Waals surface area contributed by atoms with Gasteiger partial charge in [-0.3, -0.25) is 15.1 Å². The summed E-state index contributed by atoms with van der Waals surface area (Å²) in [6, 6.07) is 0. The van der Waals surface area contributed by atoms with Crippen molar-refractivity contribution in [2.45, 2.75) is 63.2 Å². The summed E-state index contributed by atoms with van der Waals surface area (Å²) in [5.41, 5.74) is -0.834. The lowest BCUT2D eigenvalue weighted by atomic mass is 9.79. The molecule has 26 heavy (non-hydrogen) atoms. The van der Waals surface area contributed by atoms with Crippen LogP contribution < -0.4 is 5.32 Å². The second kappa shape index (κ2) is 8.35. The summed E-state index contributed by atoms with van der Waals surface area (Å²) in [4.78, 5) is 14.4. The number of allylic oxidation sites excluding steroid dienone is 2. The number of rotatable bonds is 7. The summed E-state index contributed by atoms with van der Waals surface area (Å²) in [5, 5.41) is 11.2. The van der Waals surface area contributed by atoms with Gasteiger partial charge < -0.3 is 14.8 Å². The van der Waals surface area contributed by atoms with Crippen molar-refractivity contribution in [3.8, 4) is 0 Å². The predicted molar refractivity (Wildman–Crippen MR) is 101 cm³/mol. The van der Waals surface area contributed by atoms with Gasteiger partial charge in [0.25, 0.3) is 5.91 Å². The highest BCUT2D eigenvalue weighted by Crippen LogP contribution is 2.34. The molecule has 2 N–H and O–H groups in total. The van der Waals surface area contributed by atoms with E-state index in [2.05, 4.69) is 5.32 Å². The van der Waals surface area contributed by atoms with E-state index in [0.29, 0.717) is 12.5 Å². The van der Waals surface area contributed by atoms with Crippen LogP contribution in [0.3, 0.4) is 0 Å². The van der Waals surface area contributed by atoms with Crippen LogP contribution >= 0.6 is 0 Å². The number of nitrogens with zero attached hydrogens (tertiary/aromatic N) is 1. The Bertz CT molecular complexity index is 583. The van der Waals surface area contributed by atoms with Crippen LogP contribution in [0.2, 0.25) is 0 Å². The van der Waals surface area contributed by atoms with Gasteiger partial charge in [0.2, 0.25) is 0 Å². The van der Waals surface area contributed by atoms with Gasteiger partial charge in [-0.1, -0.05) is 56.4 Å². The lowest BCUT2D eigenvalue weighted by Gasteiger charge is -2.34. The SMILES string of the molecule is CCOC1C=CC=CC1OCC1(CC2CCCCC2)NC(=N)N(C)C1=O. The van der Waals surface area contributed by atoms with E-state index >= 15 is 0 Å². The van der Waals surface area contributed by atoms with Crippen molar-refractivity contribution in [2.24, 2.45) is 5.92 Å². The molecule has 3 aliphatic rings. The minimum Gasteiger partial charge on any atom is -0.371 e. The minimum absolute atomic E-state index is 0.0589. The molecule has 0 aromatic rings. The molecular formula is C20H31N3O3. The largest absolute Gasteiger partial charge is 0.371 e. The fourth-order valence-electron chi connectivity index (χ4n) is 4.26. The number of hydrogen-bond donors (Lipinski definition) is 2. The van der Waals surface area contributed by atoms with Crippen LogP contribution in [0.4, 0.5) is 0 Å². The van der Waals surface area contributed by atoms with Crippen LogP contribution in [-0.4, -0.2) is 54.8 Å². The predicted octanol–water partition coefficient (Wildman–Crippen LogP) is 2.61. The van der Waals surface area contributed by atoms with Crippen molar-refractivity contribution in [3.05, 3.63) is 24.3 Å². The molecule has 1 saturated heterocycles. The Morgan fingerprint density at radius 3 is 2.42 bits per heavy atom. The molecule has 0 aromatic heterocycles. The summed E-state index contributed by atoms with van der Waals surface area (Å²) >= 11 is 0. The first-order valence-corrected chi connectivity index (χ1v) is 9.79. The minimum atomic E-state index is -0.834. The van der Waals surface area contributed by atoms with Crippen molar-refractivity contribution in [3.63, 3.8) is 0 Å². The van der Waals surface area contributed by atoms with E-state index in [1.54, 1.807) is 7.05 Å². The Morgan fingerprint density at radius 2 is 1.85 bits per heavy atom. The molecule has 3 rings (SSSR count). The highest BCUT2D eigenvalue weighted by Gasteiger charge is 2.50. The standard InChI is InChI=1S/C20H31N3O3/c1-3-25-16-11-7-8-12-17(16)26-14-20(13-15-9-5-4-6-10-15)18(24)23(2)19(21)22-20/h7-8,11-12,15-17H,3-6,9-10,13-14H2,1-2H3,(H2,21,22). The summed E-state index contributed by atoms with van der Waals surface area (Å²) in [5.74, 6) is 0.610. The Hall–Kier alpha value is -1.66. The third-order valence-electron chi connectivity index (χ3n) is 5.69. The molecule has 6 nitrogen and oxygen atoms in total. The number of guanidine groups is 1. The molecular weight excluding hydrogens is 330 g/mol. The molecule has 1 aliphatic heterocycles. The molecule has 1 amide bonds. The zero-order valence-electron chi connectivity index (χ0n) is 15.9. The van der Waals surface area contributed by atoms with Crippen molar-refractivity contribution in [1.29, 1.82) is 5.41 Å². The number of likely N-dealkylation sites (N-methyl/N-ethyl adjacent to an activating group) is 1. The first kappa shape index (κ1) is 19.1. The maximum Gasteiger partial charge on any atom is 0.257 e. The van der Waals surface area contributed by atoms with Crippen LogP contribution in [0.15, 0.2) is 24.3 Å². The van der Waals surface area contributed by atoms with Crippen LogP contribution in [0.5, 0.6) is 0 Å². The van der Waals surface area contributed by atoms with Gasteiger partial charge in [0.1, 0.15) is 17.7 Å². The van der Waals surface area contributed by atoms with Gasteiger partial charge in [0, 0.05) is 13.7 Å². The number of hydrogen-bond acceptors (Lipinski definition) is 4. The molecule has 2 fully saturated rings. The number of carbonyl (C=O) groups is 1. The second-order valence-electron chi connectivity index (χ2n) is 7.59. The van der Waals surface area contributed by atoms with Gasteiger partial charge in [-0.15, -0.1) is 0 Å². The Kier molecular flexibility index (Phi) is 6.14. The molecule has 0 bridgehead atoms. The zero-order valence-corrected chi connectivity index (χ0v) is 15.9. The van der Waals surface area contributed by atoms with E-state index in [-0.39, 0.29) is 30.7 Å². The van der Waals surface area contributed by atoms with E-state index in [1.165, 1.54) is 24.2 Å². The fraction of sp³-hybridized carbons (Fsp3) is 0.700. The zero-order chi connectivity index (χ0) is 18.6. The normalized spacial score (nSPS) is 32.3. The summed E-state index contributed by atoms with van der Waals surface area (Å²) in [6.45, 7) is 2.83. The van der Waals surface area contributed by atoms with Gasteiger partial charge in [-0.25, -0.2) is 0 Å². The monoisotopic (exact) mass is 361 g/mol.